The standard InChI is InChI=1S/C26H27FN2O6S/c1-3-23(18-4-10-21(33-2)11-5-18)28-26(30)17-29(20-8-6-19(27)7-9-20)36(31,32)22-12-13-24-25(16-22)35-15-14-34-24/h4-13,16,23H,3,14-15,17H2,1-2H3,(H,28,30)/t23-/m0/s1. The second-order valence-corrected chi connectivity index (χ2v) is 9.96. The molecular formula is C26H27FN2O6S. The first kappa shape index (κ1) is 25.3. The quantitative estimate of drug-likeness (QED) is 0.463. The molecule has 0 fully saturated rings. The van der Waals surface area contributed by atoms with Crippen LogP contribution in [0.3, 0.4) is 0 Å². The molecule has 0 radical (unpaired) electrons. The average molecular weight is 515 g/mol. The van der Waals surface area contributed by atoms with Crippen molar-refractivity contribution in [2.75, 3.05) is 31.2 Å². The van der Waals surface area contributed by atoms with Crippen LogP contribution in [0, 0.1) is 5.82 Å². The Balaban J connectivity index is 1.62. The van der Waals surface area contributed by atoms with E-state index >= 15 is 0 Å². The molecule has 1 aliphatic rings. The maximum atomic E-state index is 13.7. The number of rotatable bonds is 9. The van der Waals surface area contributed by atoms with Gasteiger partial charge in [-0.05, 0) is 60.5 Å². The zero-order chi connectivity index (χ0) is 25.7. The van der Waals surface area contributed by atoms with Crippen molar-refractivity contribution >= 4 is 21.6 Å². The van der Waals surface area contributed by atoms with E-state index in [1.54, 1.807) is 19.2 Å². The summed E-state index contributed by atoms with van der Waals surface area (Å²) in [6.45, 7) is 2.08. The normalized spacial score (nSPS) is 13.5. The Kier molecular flexibility index (Phi) is 7.64. The molecule has 0 saturated heterocycles. The Bertz CT molecular complexity index is 1310. The highest BCUT2D eigenvalue weighted by Gasteiger charge is 2.29. The van der Waals surface area contributed by atoms with E-state index in [-0.39, 0.29) is 16.6 Å². The minimum Gasteiger partial charge on any atom is -0.497 e. The molecule has 1 aliphatic heterocycles. The molecule has 0 bridgehead atoms. The van der Waals surface area contributed by atoms with Crippen LogP contribution in [0.5, 0.6) is 17.2 Å². The first-order valence-corrected chi connectivity index (χ1v) is 12.9. The summed E-state index contributed by atoms with van der Waals surface area (Å²) >= 11 is 0. The first-order valence-electron chi connectivity index (χ1n) is 11.4. The molecule has 0 unspecified atom stereocenters. The van der Waals surface area contributed by atoms with Crippen LogP contribution in [0.4, 0.5) is 10.1 Å². The number of nitrogens with one attached hydrogen (secondary N) is 1. The molecule has 8 nitrogen and oxygen atoms in total. The fraction of sp³-hybridized carbons (Fsp3) is 0.269. The van der Waals surface area contributed by atoms with Crippen molar-refractivity contribution in [1.82, 2.24) is 5.32 Å². The number of benzene rings is 3. The number of amides is 1. The molecule has 3 aromatic carbocycles. The van der Waals surface area contributed by atoms with Crippen molar-refractivity contribution < 1.29 is 31.8 Å². The molecule has 0 aliphatic carbocycles. The van der Waals surface area contributed by atoms with E-state index in [0.29, 0.717) is 36.9 Å². The zero-order valence-electron chi connectivity index (χ0n) is 19.9. The second kappa shape index (κ2) is 10.9. The minimum absolute atomic E-state index is 0.0777. The van der Waals surface area contributed by atoms with Crippen LogP contribution < -0.4 is 23.8 Å². The van der Waals surface area contributed by atoms with Gasteiger partial charge in [0.15, 0.2) is 11.5 Å². The third-order valence-electron chi connectivity index (χ3n) is 5.77. The molecule has 0 spiro atoms. The van der Waals surface area contributed by atoms with Gasteiger partial charge in [0.1, 0.15) is 31.3 Å². The van der Waals surface area contributed by atoms with E-state index in [2.05, 4.69) is 5.32 Å². The maximum Gasteiger partial charge on any atom is 0.264 e. The predicted molar refractivity (Wildman–Crippen MR) is 133 cm³/mol. The van der Waals surface area contributed by atoms with Gasteiger partial charge in [-0.25, -0.2) is 12.8 Å². The summed E-state index contributed by atoms with van der Waals surface area (Å²) in [5.41, 5.74) is 1.01. The summed E-state index contributed by atoms with van der Waals surface area (Å²) in [6, 6.07) is 16.1. The lowest BCUT2D eigenvalue weighted by Crippen LogP contribution is -2.42. The highest BCUT2D eigenvalue weighted by Crippen LogP contribution is 2.34. The number of methoxy groups -OCH3 is 1. The summed E-state index contributed by atoms with van der Waals surface area (Å²) in [6.07, 6.45) is 0.587. The molecule has 1 heterocycles. The van der Waals surface area contributed by atoms with Gasteiger partial charge in [0.05, 0.1) is 23.7 Å². The summed E-state index contributed by atoms with van der Waals surface area (Å²) in [5.74, 6) is 0.398. The topological polar surface area (TPSA) is 94.2 Å². The lowest BCUT2D eigenvalue weighted by Gasteiger charge is -2.26. The number of fused-ring (bicyclic) bond motifs is 1. The Morgan fingerprint density at radius 1 is 1.03 bits per heavy atom. The molecular weight excluding hydrogens is 487 g/mol. The van der Waals surface area contributed by atoms with E-state index in [9.17, 15) is 17.6 Å². The molecule has 1 N–H and O–H groups in total. The van der Waals surface area contributed by atoms with Crippen molar-refractivity contribution in [2.24, 2.45) is 0 Å². The largest absolute Gasteiger partial charge is 0.497 e. The fourth-order valence-corrected chi connectivity index (χ4v) is 5.30. The van der Waals surface area contributed by atoms with Gasteiger partial charge in [-0.15, -0.1) is 0 Å². The first-order chi connectivity index (χ1) is 17.3. The number of halogens is 1. The lowest BCUT2D eigenvalue weighted by atomic mass is 10.0. The zero-order valence-corrected chi connectivity index (χ0v) is 20.8. The number of anilines is 1. The molecule has 4 rings (SSSR count). The Labute approximate surface area is 209 Å². The van der Waals surface area contributed by atoms with Gasteiger partial charge in [-0.1, -0.05) is 19.1 Å². The van der Waals surface area contributed by atoms with Crippen molar-refractivity contribution in [3.8, 4) is 17.2 Å². The van der Waals surface area contributed by atoms with E-state index < -0.39 is 28.3 Å². The van der Waals surface area contributed by atoms with Gasteiger partial charge in [0.25, 0.3) is 10.0 Å². The van der Waals surface area contributed by atoms with E-state index in [1.807, 2.05) is 19.1 Å². The highest BCUT2D eigenvalue weighted by atomic mass is 32.2. The van der Waals surface area contributed by atoms with E-state index in [1.165, 1.54) is 30.3 Å². The SMILES string of the molecule is CC[C@H](NC(=O)CN(c1ccc(F)cc1)S(=O)(=O)c1ccc2c(c1)OCCO2)c1ccc(OC)cc1. The molecule has 1 amide bonds. The van der Waals surface area contributed by atoms with Crippen molar-refractivity contribution in [2.45, 2.75) is 24.3 Å². The van der Waals surface area contributed by atoms with Crippen LogP contribution in [-0.4, -0.2) is 41.2 Å². The second-order valence-electron chi connectivity index (χ2n) is 8.10. The Morgan fingerprint density at radius 2 is 1.69 bits per heavy atom. The lowest BCUT2D eigenvalue weighted by molar-refractivity contribution is -0.120. The number of nitrogens with zero attached hydrogens (tertiary/aromatic N) is 1. The Hall–Kier alpha value is -3.79. The smallest absolute Gasteiger partial charge is 0.264 e. The van der Waals surface area contributed by atoms with Gasteiger partial charge < -0.3 is 19.5 Å². The van der Waals surface area contributed by atoms with Crippen molar-refractivity contribution in [1.29, 1.82) is 0 Å². The van der Waals surface area contributed by atoms with Gasteiger partial charge in [-0.2, -0.15) is 0 Å². The summed E-state index contributed by atoms with van der Waals surface area (Å²) in [5, 5.41) is 2.90. The molecule has 36 heavy (non-hydrogen) atoms. The fourth-order valence-electron chi connectivity index (χ4n) is 3.86. The van der Waals surface area contributed by atoms with Gasteiger partial charge in [-0.3, -0.25) is 9.10 Å². The average Bonchev–Trinajstić information content (AvgIpc) is 2.90. The predicted octanol–water partition coefficient (Wildman–Crippen LogP) is 4.07. The maximum absolute atomic E-state index is 13.7. The van der Waals surface area contributed by atoms with E-state index in [0.717, 1.165) is 22.0 Å². The molecule has 190 valence electrons. The number of hydrogen-bond acceptors (Lipinski definition) is 6. The molecule has 3 aromatic rings. The monoisotopic (exact) mass is 514 g/mol. The van der Waals surface area contributed by atoms with E-state index in [4.69, 9.17) is 14.2 Å². The number of hydrogen-bond donors (Lipinski definition) is 1. The van der Waals surface area contributed by atoms with Gasteiger partial charge in [0, 0.05) is 6.07 Å². The summed E-state index contributed by atoms with van der Waals surface area (Å²) in [4.78, 5) is 13.0. The van der Waals surface area contributed by atoms with Crippen LogP contribution >= 0.6 is 0 Å². The van der Waals surface area contributed by atoms with Crippen LogP contribution in [-0.2, 0) is 14.8 Å². The van der Waals surface area contributed by atoms with Crippen molar-refractivity contribution in [3.63, 3.8) is 0 Å². The van der Waals surface area contributed by atoms with Crippen LogP contribution in [0.15, 0.2) is 71.6 Å². The van der Waals surface area contributed by atoms with Gasteiger partial charge >= 0.3 is 0 Å². The molecule has 1 atom stereocenters. The number of carbonyl (C=O) groups is 1. The Morgan fingerprint density at radius 3 is 2.33 bits per heavy atom. The number of sulfonamides is 1. The number of ether oxygens (including phenoxy) is 3. The van der Waals surface area contributed by atoms with Gasteiger partial charge in [0.2, 0.25) is 5.91 Å². The molecule has 10 heteroatoms. The summed E-state index contributed by atoms with van der Waals surface area (Å²) in [7, 11) is -2.64. The molecule has 0 saturated carbocycles. The number of carbonyl (C=O) groups excluding carboxylic acids is 1. The van der Waals surface area contributed by atoms with Crippen LogP contribution in [0.2, 0.25) is 0 Å². The molecule has 0 aromatic heterocycles. The minimum atomic E-state index is -4.21. The van der Waals surface area contributed by atoms with Crippen LogP contribution in [0.1, 0.15) is 24.9 Å². The highest BCUT2D eigenvalue weighted by molar-refractivity contribution is 7.92. The van der Waals surface area contributed by atoms with Crippen molar-refractivity contribution in [3.05, 3.63) is 78.1 Å². The summed E-state index contributed by atoms with van der Waals surface area (Å²) < 4.78 is 58.1. The third-order valence-corrected chi connectivity index (χ3v) is 7.53. The third kappa shape index (κ3) is 5.54. The van der Waals surface area contributed by atoms with Crippen LogP contribution in [0.25, 0.3) is 0 Å².